The number of carbonyl (C=O) groups is 3. The first-order valence-corrected chi connectivity index (χ1v) is 14.0. The largest absolute Gasteiger partial charge is 0.419 e. The van der Waals surface area contributed by atoms with Gasteiger partial charge in [-0.1, -0.05) is 6.07 Å². The van der Waals surface area contributed by atoms with Crippen LogP contribution in [0.3, 0.4) is 0 Å². The lowest BCUT2D eigenvalue weighted by molar-refractivity contribution is -0.124. The number of hydrogen-bond acceptors (Lipinski definition) is 9. The molecule has 1 aromatic carbocycles. The Morgan fingerprint density at radius 1 is 1.15 bits per heavy atom. The van der Waals surface area contributed by atoms with Crippen LogP contribution in [0.5, 0.6) is 0 Å². The molecule has 1 fully saturated rings. The molecule has 3 aromatic heterocycles. The molecule has 0 radical (unpaired) electrons. The van der Waals surface area contributed by atoms with E-state index in [0.717, 1.165) is 6.26 Å². The van der Waals surface area contributed by atoms with Crippen molar-refractivity contribution in [3.05, 3.63) is 64.0 Å². The number of hydrogen-bond donors (Lipinski definition) is 3. The van der Waals surface area contributed by atoms with E-state index in [1.165, 1.54) is 38.6 Å². The molecular formula is C24H26N8O7S. The minimum Gasteiger partial charge on any atom is -0.408 e. The van der Waals surface area contributed by atoms with E-state index in [-0.39, 0.29) is 42.7 Å². The fourth-order valence-corrected chi connectivity index (χ4v) is 5.11. The first-order valence-electron chi connectivity index (χ1n) is 12.2. The standard InChI is InChI=1S/C24H26N8O7S/c1-13(21(33)28-15-11-31(12-15)40(3,37)38)27-23(35)18-9-16(29-20-6-7-26-32(18)20)22(34)25-10-14-4-5-19-17(8-14)30(2)24(36)39-19/h4-9,13,15H,10-12H2,1-3H3,(H,25,34)(H,27,35)(H,28,33)/t13-/m0/s1. The van der Waals surface area contributed by atoms with Crippen LogP contribution in [0.2, 0.25) is 0 Å². The van der Waals surface area contributed by atoms with Crippen molar-refractivity contribution in [2.75, 3.05) is 19.3 Å². The number of oxazole rings is 1. The molecule has 0 aliphatic carbocycles. The van der Waals surface area contributed by atoms with Crippen LogP contribution in [-0.4, -0.2) is 81.0 Å². The van der Waals surface area contributed by atoms with Crippen molar-refractivity contribution in [2.45, 2.75) is 25.6 Å². The summed E-state index contributed by atoms with van der Waals surface area (Å²) in [4.78, 5) is 54.6. The fraction of sp³-hybridized carbons (Fsp3) is 0.333. The fourth-order valence-electron chi connectivity index (χ4n) is 4.21. The molecule has 3 amide bonds. The Kier molecular flexibility index (Phi) is 6.89. The Morgan fingerprint density at radius 3 is 2.62 bits per heavy atom. The first-order chi connectivity index (χ1) is 18.9. The molecule has 4 aromatic rings. The third kappa shape index (κ3) is 5.30. The molecule has 0 saturated carbocycles. The van der Waals surface area contributed by atoms with Crippen LogP contribution in [0.25, 0.3) is 16.7 Å². The molecule has 210 valence electrons. The van der Waals surface area contributed by atoms with E-state index in [1.54, 1.807) is 25.2 Å². The Labute approximate surface area is 227 Å². The van der Waals surface area contributed by atoms with Gasteiger partial charge in [-0.15, -0.1) is 0 Å². The maximum absolute atomic E-state index is 13.1. The number of fused-ring (bicyclic) bond motifs is 2. The van der Waals surface area contributed by atoms with Crippen LogP contribution < -0.4 is 21.7 Å². The third-order valence-corrected chi connectivity index (χ3v) is 7.77. The number of benzene rings is 1. The molecule has 4 heterocycles. The Morgan fingerprint density at radius 2 is 1.90 bits per heavy atom. The summed E-state index contributed by atoms with van der Waals surface area (Å²) < 4.78 is 32.0. The molecule has 1 aliphatic heterocycles. The maximum atomic E-state index is 13.1. The van der Waals surface area contributed by atoms with Gasteiger partial charge in [0.2, 0.25) is 15.9 Å². The van der Waals surface area contributed by atoms with Gasteiger partial charge in [0, 0.05) is 38.8 Å². The number of rotatable bonds is 8. The molecular weight excluding hydrogens is 544 g/mol. The number of nitrogens with one attached hydrogen (secondary N) is 3. The zero-order valence-corrected chi connectivity index (χ0v) is 22.6. The average Bonchev–Trinajstić information content (AvgIpc) is 3.46. The lowest BCUT2D eigenvalue weighted by atomic mass is 10.1. The van der Waals surface area contributed by atoms with E-state index in [1.807, 2.05) is 0 Å². The van der Waals surface area contributed by atoms with Crippen LogP contribution in [0.4, 0.5) is 0 Å². The Balaban J connectivity index is 1.26. The zero-order valence-electron chi connectivity index (χ0n) is 21.7. The van der Waals surface area contributed by atoms with Crippen molar-refractivity contribution in [3.8, 4) is 0 Å². The van der Waals surface area contributed by atoms with Crippen molar-refractivity contribution in [1.29, 1.82) is 0 Å². The topological polar surface area (TPSA) is 190 Å². The molecule has 3 N–H and O–H groups in total. The normalized spacial score (nSPS) is 15.1. The molecule has 16 heteroatoms. The molecule has 15 nitrogen and oxygen atoms in total. The summed E-state index contributed by atoms with van der Waals surface area (Å²) in [5.74, 6) is -2.19. The summed E-state index contributed by atoms with van der Waals surface area (Å²) in [6.07, 6.45) is 2.52. The number of aryl methyl sites for hydroxylation is 1. The molecule has 1 saturated heterocycles. The summed E-state index contributed by atoms with van der Waals surface area (Å²) in [5, 5.41) is 12.1. The molecule has 40 heavy (non-hydrogen) atoms. The Hall–Kier alpha value is -4.57. The summed E-state index contributed by atoms with van der Waals surface area (Å²) >= 11 is 0. The molecule has 1 aliphatic rings. The number of aromatic nitrogens is 4. The number of nitrogens with zero attached hydrogens (tertiary/aromatic N) is 5. The van der Waals surface area contributed by atoms with Crippen LogP contribution in [0.1, 0.15) is 33.5 Å². The molecule has 0 bridgehead atoms. The molecule has 0 spiro atoms. The van der Waals surface area contributed by atoms with Gasteiger partial charge >= 0.3 is 5.76 Å². The summed E-state index contributed by atoms with van der Waals surface area (Å²) in [6, 6.07) is 6.57. The van der Waals surface area contributed by atoms with Gasteiger partial charge in [0.15, 0.2) is 11.2 Å². The highest BCUT2D eigenvalue weighted by Crippen LogP contribution is 2.15. The lowest BCUT2D eigenvalue weighted by Gasteiger charge is -2.37. The number of carbonyl (C=O) groups excluding carboxylic acids is 3. The quantitative estimate of drug-likeness (QED) is 0.238. The number of amides is 3. The minimum atomic E-state index is -3.32. The SMILES string of the molecule is C[C@H](NC(=O)c1cc(C(=O)NCc2ccc3oc(=O)n(C)c3c2)nc2ccnn12)C(=O)NC1CN(S(C)(=O)=O)C1. The number of sulfonamides is 1. The van der Waals surface area contributed by atoms with E-state index in [9.17, 15) is 27.6 Å². The summed E-state index contributed by atoms with van der Waals surface area (Å²) in [6.45, 7) is 1.94. The van der Waals surface area contributed by atoms with E-state index in [0.29, 0.717) is 16.7 Å². The van der Waals surface area contributed by atoms with Crippen molar-refractivity contribution in [2.24, 2.45) is 7.05 Å². The second-order valence-electron chi connectivity index (χ2n) is 9.52. The highest BCUT2D eigenvalue weighted by Gasteiger charge is 2.35. The van der Waals surface area contributed by atoms with Gasteiger partial charge in [0.05, 0.1) is 24.0 Å². The summed E-state index contributed by atoms with van der Waals surface area (Å²) in [7, 11) is -1.74. The third-order valence-electron chi connectivity index (χ3n) is 6.54. The maximum Gasteiger partial charge on any atom is 0.419 e. The van der Waals surface area contributed by atoms with Crippen LogP contribution in [0, 0.1) is 0 Å². The van der Waals surface area contributed by atoms with Crippen molar-refractivity contribution in [3.63, 3.8) is 0 Å². The van der Waals surface area contributed by atoms with Gasteiger partial charge < -0.3 is 20.4 Å². The van der Waals surface area contributed by atoms with Crippen LogP contribution in [0.15, 0.2) is 45.7 Å². The average molecular weight is 571 g/mol. The van der Waals surface area contributed by atoms with E-state index in [2.05, 4.69) is 26.0 Å². The highest BCUT2D eigenvalue weighted by atomic mass is 32.2. The monoisotopic (exact) mass is 570 g/mol. The smallest absolute Gasteiger partial charge is 0.408 e. The molecule has 5 rings (SSSR count). The zero-order chi connectivity index (χ0) is 28.8. The second-order valence-corrected chi connectivity index (χ2v) is 11.5. The van der Waals surface area contributed by atoms with E-state index >= 15 is 0 Å². The molecule has 1 atom stereocenters. The van der Waals surface area contributed by atoms with Crippen molar-refractivity contribution in [1.82, 2.24) is 39.4 Å². The minimum absolute atomic E-state index is 0.0125. The Bertz CT molecular complexity index is 1820. The second kappa shape index (κ2) is 10.2. The van der Waals surface area contributed by atoms with Gasteiger partial charge in [-0.05, 0) is 24.6 Å². The van der Waals surface area contributed by atoms with Crippen molar-refractivity contribution >= 4 is 44.5 Å². The highest BCUT2D eigenvalue weighted by molar-refractivity contribution is 7.88. The molecule has 0 unspecified atom stereocenters. The van der Waals surface area contributed by atoms with Gasteiger partial charge in [-0.25, -0.2) is 22.7 Å². The van der Waals surface area contributed by atoms with Gasteiger partial charge in [-0.3, -0.25) is 19.0 Å². The van der Waals surface area contributed by atoms with Gasteiger partial charge in [0.1, 0.15) is 17.4 Å². The predicted molar refractivity (Wildman–Crippen MR) is 141 cm³/mol. The van der Waals surface area contributed by atoms with Gasteiger partial charge in [0.25, 0.3) is 11.8 Å². The van der Waals surface area contributed by atoms with E-state index in [4.69, 9.17) is 4.42 Å². The van der Waals surface area contributed by atoms with Crippen LogP contribution in [-0.2, 0) is 28.4 Å². The predicted octanol–water partition coefficient (Wildman–Crippen LogP) is -1.02. The van der Waals surface area contributed by atoms with E-state index < -0.39 is 39.5 Å². The van der Waals surface area contributed by atoms with Crippen molar-refractivity contribution < 1.29 is 27.2 Å². The van der Waals surface area contributed by atoms with Gasteiger partial charge in [-0.2, -0.15) is 9.40 Å². The lowest BCUT2D eigenvalue weighted by Crippen LogP contribution is -2.62. The summed E-state index contributed by atoms with van der Waals surface area (Å²) in [5.41, 5.74) is 1.92. The first kappa shape index (κ1) is 27.0. The van der Waals surface area contributed by atoms with Crippen LogP contribution >= 0.6 is 0 Å².